The van der Waals surface area contributed by atoms with Crippen LogP contribution in [0.4, 0.5) is 26.1 Å². The summed E-state index contributed by atoms with van der Waals surface area (Å²) in [5, 5.41) is 34.0. The van der Waals surface area contributed by atoms with Crippen LogP contribution in [0.3, 0.4) is 0 Å². The second-order valence-corrected chi connectivity index (χ2v) is 12.7. The molecule has 4 aromatic rings. The molecule has 0 unspecified atom stereocenters. The number of aliphatic hydroxyl groups is 2. The summed E-state index contributed by atoms with van der Waals surface area (Å²) in [7, 11) is -3.52. The molecule has 4 heterocycles. The minimum absolute atomic E-state index is 0.0443. The molecular weight excluding hydrogens is 572 g/mol. The number of nitrogens with zero attached hydrogens (tertiary/aromatic N) is 7. The van der Waals surface area contributed by atoms with Gasteiger partial charge in [-0.25, -0.2) is 28.1 Å². The maximum Gasteiger partial charge on any atom is 0.333 e. The third-order valence-corrected chi connectivity index (χ3v) is 9.53. The number of nitrogens with one attached hydrogen (secondary N) is 2. The molecule has 0 amide bonds. The lowest BCUT2D eigenvalue weighted by Gasteiger charge is -2.35. The average molecular weight is 602 g/mol. The van der Waals surface area contributed by atoms with Gasteiger partial charge >= 0.3 is 6.55 Å². The van der Waals surface area contributed by atoms with Crippen LogP contribution in [0.2, 0.25) is 0 Å². The van der Waals surface area contributed by atoms with Crippen LogP contribution < -0.4 is 10.6 Å². The summed E-state index contributed by atoms with van der Waals surface area (Å²) in [4.78, 5) is 13.2. The van der Waals surface area contributed by atoms with E-state index in [1.807, 2.05) is 0 Å². The summed E-state index contributed by atoms with van der Waals surface area (Å²) < 4.78 is 52.9. The fourth-order valence-electron chi connectivity index (χ4n) is 4.89. The van der Waals surface area contributed by atoms with Crippen LogP contribution in [0.5, 0.6) is 0 Å². The van der Waals surface area contributed by atoms with Gasteiger partial charge in [-0.15, -0.1) is 0 Å². The van der Waals surface area contributed by atoms with Gasteiger partial charge in [-0.1, -0.05) is 0 Å². The molecule has 6 rings (SSSR count). The first kappa shape index (κ1) is 28.1. The van der Waals surface area contributed by atoms with Crippen molar-refractivity contribution >= 4 is 27.3 Å². The number of anilines is 3. The predicted molar refractivity (Wildman–Crippen MR) is 149 cm³/mol. The third kappa shape index (κ3) is 5.82. The highest BCUT2D eigenvalue weighted by Crippen LogP contribution is 2.35. The van der Waals surface area contributed by atoms with Crippen molar-refractivity contribution < 1.29 is 27.4 Å². The third-order valence-electron chi connectivity index (χ3n) is 7.49. The second kappa shape index (κ2) is 11.0. The number of halogens is 2. The van der Waals surface area contributed by atoms with Crippen molar-refractivity contribution in [3.8, 4) is 22.6 Å². The Labute approximate surface area is 239 Å². The van der Waals surface area contributed by atoms with Crippen LogP contribution in [-0.2, 0) is 10.0 Å². The van der Waals surface area contributed by atoms with E-state index in [4.69, 9.17) is 0 Å². The first-order chi connectivity index (χ1) is 20.1. The van der Waals surface area contributed by atoms with E-state index < -0.39 is 27.4 Å². The molecule has 2 saturated carbocycles. The predicted octanol–water partition coefficient (Wildman–Crippen LogP) is 3.16. The Bertz CT molecular complexity index is 1680. The van der Waals surface area contributed by atoms with Gasteiger partial charge < -0.3 is 20.8 Å². The van der Waals surface area contributed by atoms with Gasteiger partial charge in [0, 0.05) is 41.9 Å². The monoisotopic (exact) mass is 601 g/mol. The molecule has 2 aliphatic rings. The molecule has 0 radical (unpaired) electrons. The molecule has 0 spiro atoms. The lowest BCUT2D eigenvalue weighted by Crippen LogP contribution is -2.41. The maximum atomic E-state index is 13.2. The number of pyridine rings is 1. The van der Waals surface area contributed by atoms with Gasteiger partial charge in [-0.3, -0.25) is 0 Å². The molecule has 13 nitrogen and oxygen atoms in total. The molecule has 16 heteroatoms. The first-order valence-electron chi connectivity index (χ1n) is 13.5. The van der Waals surface area contributed by atoms with Crippen LogP contribution >= 0.6 is 0 Å². The van der Waals surface area contributed by atoms with Crippen molar-refractivity contribution in [3.63, 3.8) is 0 Å². The lowest BCUT2D eigenvalue weighted by molar-refractivity contribution is -0.0438. The highest BCUT2D eigenvalue weighted by Gasteiger charge is 2.38. The number of rotatable bonds is 10. The molecule has 4 N–H and O–H groups in total. The van der Waals surface area contributed by atoms with Gasteiger partial charge in [0.15, 0.2) is 5.82 Å². The highest BCUT2D eigenvalue weighted by molar-refractivity contribution is 7.90. The van der Waals surface area contributed by atoms with Gasteiger partial charge in [0.2, 0.25) is 0 Å². The van der Waals surface area contributed by atoms with Crippen LogP contribution in [0.25, 0.3) is 22.6 Å². The lowest BCUT2D eigenvalue weighted by atomic mass is 9.82. The number of alkyl halides is 2. The topological polar surface area (TPSA) is 173 Å². The summed E-state index contributed by atoms with van der Waals surface area (Å²) in [6.07, 6.45) is 10.3. The molecule has 222 valence electrons. The van der Waals surface area contributed by atoms with E-state index in [1.165, 1.54) is 37.1 Å². The van der Waals surface area contributed by atoms with Crippen molar-refractivity contribution in [1.29, 1.82) is 0 Å². The van der Waals surface area contributed by atoms with Gasteiger partial charge in [0.05, 0.1) is 41.1 Å². The molecule has 0 aliphatic heterocycles. The molecule has 2 aliphatic carbocycles. The van der Waals surface area contributed by atoms with Crippen LogP contribution in [0.1, 0.15) is 45.1 Å². The fourth-order valence-corrected chi connectivity index (χ4v) is 6.37. The number of hydrogen-bond donors (Lipinski definition) is 4. The van der Waals surface area contributed by atoms with Gasteiger partial charge in [-0.05, 0) is 50.7 Å². The summed E-state index contributed by atoms with van der Waals surface area (Å²) in [6, 6.07) is 4.77. The zero-order valence-corrected chi connectivity index (χ0v) is 23.1. The second-order valence-electron chi connectivity index (χ2n) is 10.6. The first-order valence-corrected chi connectivity index (χ1v) is 15.0. The maximum absolute atomic E-state index is 13.2. The Morgan fingerprint density at radius 2 is 1.88 bits per heavy atom. The van der Waals surface area contributed by atoms with E-state index in [9.17, 15) is 27.4 Å². The smallest absolute Gasteiger partial charge is 0.333 e. The molecular formula is C26H29F2N9O4S. The minimum Gasteiger partial charge on any atom is -0.393 e. The Balaban J connectivity index is 1.25. The van der Waals surface area contributed by atoms with Crippen molar-refractivity contribution in [2.24, 2.45) is 0 Å². The van der Waals surface area contributed by atoms with E-state index in [1.54, 1.807) is 12.1 Å². The number of aliphatic hydroxyl groups excluding tert-OH is 1. The summed E-state index contributed by atoms with van der Waals surface area (Å²) in [5.41, 5.74) is 0.735. The average Bonchev–Trinajstić information content (AvgIpc) is 3.52. The minimum atomic E-state index is -3.52. The van der Waals surface area contributed by atoms with E-state index in [2.05, 4.69) is 35.8 Å². The molecule has 0 atom stereocenters. The Hall–Kier alpha value is -4.02. The number of aromatic nitrogens is 7. The summed E-state index contributed by atoms with van der Waals surface area (Å²) >= 11 is 0. The molecule has 42 heavy (non-hydrogen) atoms. The van der Waals surface area contributed by atoms with Crippen LogP contribution in [-0.4, -0.2) is 76.0 Å². The SMILES string of the molecule is O=S(=O)(C1CC1)n1cc(-c2nccc(Nc3cc(NC4CCC(O)(CO)CC4)c(-c4ccn(C(F)F)n4)cn3)n2)cn1. The number of hydrogen-bond acceptors (Lipinski definition) is 11. The fraction of sp³-hybridized carbons (Fsp3) is 0.423. The van der Waals surface area contributed by atoms with Crippen LogP contribution in [0, 0.1) is 0 Å². The van der Waals surface area contributed by atoms with E-state index in [-0.39, 0.29) is 18.5 Å². The van der Waals surface area contributed by atoms with E-state index in [0.29, 0.717) is 77.4 Å². The molecule has 0 aromatic carbocycles. The van der Waals surface area contributed by atoms with Gasteiger partial charge in [0.1, 0.15) is 11.6 Å². The zero-order valence-electron chi connectivity index (χ0n) is 22.3. The van der Waals surface area contributed by atoms with Crippen molar-refractivity contribution in [1.82, 2.24) is 33.9 Å². The molecule has 0 bridgehead atoms. The van der Waals surface area contributed by atoms with Crippen molar-refractivity contribution in [2.45, 2.75) is 62.0 Å². The zero-order chi connectivity index (χ0) is 29.5. The summed E-state index contributed by atoms with van der Waals surface area (Å²) in [5.74, 6) is 1.05. The quantitative estimate of drug-likeness (QED) is 0.210. The van der Waals surface area contributed by atoms with E-state index in [0.717, 1.165) is 4.09 Å². The molecule has 0 saturated heterocycles. The van der Waals surface area contributed by atoms with Gasteiger partial charge in [-0.2, -0.15) is 23.1 Å². The Morgan fingerprint density at radius 3 is 2.57 bits per heavy atom. The largest absolute Gasteiger partial charge is 0.393 e. The van der Waals surface area contributed by atoms with Crippen molar-refractivity contribution in [2.75, 3.05) is 17.2 Å². The normalized spacial score (nSPS) is 21.0. The molecule has 2 fully saturated rings. The Kier molecular flexibility index (Phi) is 7.36. The highest BCUT2D eigenvalue weighted by atomic mass is 32.2. The van der Waals surface area contributed by atoms with Crippen LogP contribution in [0.15, 0.2) is 49.2 Å². The molecule has 4 aromatic heterocycles. The van der Waals surface area contributed by atoms with Gasteiger partial charge in [0.25, 0.3) is 10.0 Å². The standard InChI is InChI=1S/C26H29F2N9O4S/c27-25(28)36-10-6-20(35-36)19-13-30-23(11-21(19)32-17-3-7-26(39,15-38)8-4-17)33-22-5-9-29-24(34-22)16-12-31-37(14-16)42(40,41)18-1-2-18/h5-6,9-14,17-18,25,38-39H,1-4,7-8,15H2,(H2,29,30,32,33,34). The Morgan fingerprint density at radius 1 is 1.10 bits per heavy atom. The van der Waals surface area contributed by atoms with E-state index >= 15 is 0 Å². The van der Waals surface area contributed by atoms with Crippen molar-refractivity contribution in [3.05, 3.63) is 49.2 Å². The summed E-state index contributed by atoms with van der Waals surface area (Å²) in [6.45, 7) is -3.09.